The lowest BCUT2D eigenvalue weighted by atomic mass is 10.1. The Morgan fingerprint density at radius 1 is 1.29 bits per heavy atom. The lowest BCUT2D eigenvalue weighted by Gasteiger charge is -2.39. The SMILES string of the molecule is O=C(O)[N+]1(Cc2ccccc2)CCC1. The van der Waals surface area contributed by atoms with Crippen LogP contribution in [0.15, 0.2) is 30.3 Å². The zero-order chi connectivity index (χ0) is 10.0. The number of amides is 1. The van der Waals surface area contributed by atoms with Crippen LogP contribution >= 0.6 is 0 Å². The van der Waals surface area contributed by atoms with E-state index in [1.165, 1.54) is 0 Å². The molecule has 1 aromatic rings. The molecule has 1 saturated heterocycles. The van der Waals surface area contributed by atoms with Gasteiger partial charge in [-0.2, -0.15) is 4.79 Å². The lowest BCUT2D eigenvalue weighted by molar-refractivity contribution is -0.908. The van der Waals surface area contributed by atoms with Crippen LogP contribution in [0.2, 0.25) is 0 Å². The molecular formula is C11H14NO2+. The fourth-order valence-electron chi connectivity index (χ4n) is 1.89. The van der Waals surface area contributed by atoms with E-state index in [4.69, 9.17) is 5.11 Å². The molecule has 1 amide bonds. The summed E-state index contributed by atoms with van der Waals surface area (Å²) in [5.41, 5.74) is 1.11. The quantitative estimate of drug-likeness (QED) is 0.728. The number of hydrogen-bond acceptors (Lipinski definition) is 1. The van der Waals surface area contributed by atoms with Gasteiger partial charge in [0.25, 0.3) is 0 Å². The van der Waals surface area contributed by atoms with Crippen LogP contribution in [0.5, 0.6) is 0 Å². The standard InChI is InChI=1S/C11H13NO2/c13-11(14)12(7-4-8-12)9-10-5-2-1-3-6-10/h1-3,5-6H,4,7-9H2/p+1. The fraction of sp³-hybridized carbons (Fsp3) is 0.364. The summed E-state index contributed by atoms with van der Waals surface area (Å²) in [6, 6.07) is 9.83. The van der Waals surface area contributed by atoms with Crippen LogP contribution in [0, 0.1) is 0 Å². The number of nitrogens with zero attached hydrogens (tertiary/aromatic N) is 1. The van der Waals surface area contributed by atoms with E-state index in [1.54, 1.807) is 0 Å². The Morgan fingerprint density at radius 3 is 2.36 bits per heavy atom. The zero-order valence-corrected chi connectivity index (χ0v) is 8.02. The van der Waals surface area contributed by atoms with Crippen molar-refractivity contribution in [3.05, 3.63) is 35.9 Å². The molecule has 3 nitrogen and oxygen atoms in total. The maximum Gasteiger partial charge on any atom is 0.513 e. The molecule has 0 unspecified atom stereocenters. The van der Waals surface area contributed by atoms with Crippen LogP contribution in [-0.4, -0.2) is 28.8 Å². The van der Waals surface area contributed by atoms with Crippen molar-refractivity contribution in [3.8, 4) is 0 Å². The molecule has 0 aliphatic carbocycles. The highest BCUT2D eigenvalue weighted by atomic mass is 16.4. The van der Waals surface area contributed by atoms with Crippen LogP contribution in [0.4, 0.5) is 4.79 Å². The number of carboxylic acid groups (broad SMARTS) is 1. The highest BCUT2D eigenvalue weighted by Crippen LogP contribution is 2.24. The number of benzene rings is 1. The van der Waals surface area contributed by atoms with Crippen molar-refractivity contribution in [2.45, 2.75) is 13.0 Å². The van der Waals surface area contributed by atoms with Gasteiger partial charge in [-0.25, -0.2) is 4.48 Å². The highest BCUT2D eigenvalue weighted by Gasteiger charge is 2.43. The average Bonchev–Trinajstić information content (AvgIpc) is 2.12. The van der Waals surface area contributed by atoms with E-state index in [0.717, 1.165) is 25.1 Å². The first-order chi connectivity index (χ1) is 6.73. The van der Waals surface area contributed by atoms with E-state index >= 15 is 0 Å². The summed E-state index contributed by atoms with van der Waals surface area (Å²) in [5.74, 6) is 0. The zero-order valence-electron chi connectivity index (χ0n) is 8.02. The molecule has 1 N–H and O–H groups in total. The van der Waals surface area contributed by atoms with Crippen LogP contribution in [0.1, 0.15) is 12.0 Å². The Bertz CT molecular complexity index is 330. The van der Waals surface area contributed by atoms with Gasteiger partial charge in [0.1, 0.15) is 6.54 Å². The number of rotatable bonds is 2. The summed E-state index contributed by atoms with van der Waals surface area (Å²) in [5, 5.41) is 9.12. The number of quaternary nitrogens is 1. The molecule has 0 aromatic heterocycles. The second kappa shape index (κ2) is 3.42. The molecule has 1 aliphatic rings. The first kappa shape index (κ1) is 9.21. The molecule has 1 aliphatic heterocycles. The molecule has 0 bridgehead atoms. The third-order valence-electron chi connectivity index (χ3n) is 2.91. The number of carbonyl (C=O) groups is 1. The van der Waals surface area contributed by atoms with E-state index in [0.29, 0.717) is 6.54 Å². The average molecular weight is 192 g/mol. The molecule has 2 rings (SSSR count). The molecule has 0 spiro atoms. The minimum Gasteiger partial charge on any atom is -0.435 e. The summed E-state index contributed by atoms with van der Waals surface area (Å²) in [6.45, 7) is 2.16. The highest BCUT2D eigenvalue weighted by molar-refractivity contribution is 5.57. The van der Waals surface area contributed by atoms with E-state index in [9.17, 15) is 4.79 Å². The summed E-state index contributed by atoms with van der Waals surface area (Å²) < 4.78 is 0.212. The summed E-state index contributed by atoms with van der Waals surface area (Å²) in [4.78, 5) is 11.1. The molecule has 0 atom stereocenters. The maximum atomic E-state index is 11.1. The van der Waals surface area contributed by atoms with Crippen LogP contribution in [0.3, 0.4) is 0 Å². The van der Waals surface area contributed by atoms with Crippen LogP contribution in [-0.2, 0) is 6.54 Å². The normalized spacial score (nSPS) is 18.6. The second-order valence-corrected chi connectivity index (χ2v) is 3.87. The van der Waals surface area contributed by atoms with E-state index in [-0.39, 0.29) is 4.48 Å². The fourth-order valence-corrected chi connectivity index (χ4v) is 1.89. The lowest BCUT2D eigenvalue weighted by Crippen LogP contribution is -2.60. The van der Waals surface area contributed by atoms with E-state index in [1.807, 2.05) is 30.3 Å². The van der Waals surface area contributed by atoms with Crippen molar-refractivity contribution in [2.75, 3.05) is 13.1 Å². The van der Waals surface area contributed by atoms with Crippen molar-refractivity contribution in [1.82, 2.24) is 0 Å². The predicted molar refractivity (Wildman–Crippen MR) is 52.8 cm³/mol. The molecule has 3 heteroatoms. The molecule has 1 fully saturated rings. The molecule has 1 heterocycles. The van der Waals surface area contributed by atoms with Gasteiger partial charge in [0.2, 0.25) is 0 Å². The van der Waals surface area contributed by atoms with Crippen LogP contribution in [0.25, 0.3) is 0 Å². The van der Waals surface area contributed by atoms with Gasteiger partial charge in [0, 0.05) is 12.0 Å². The molecule has 0 radical (unpaired) electrons. The van der Waals surface area contributed by atoms with Crippen LogP contribution < -0.4 is 0 Å². The van der Waals surface area contributed by atoms with Gasteiger partial charge in [0.05, 0.1) is 13.1 Å². The van der Waals surface area contributed by atoms with Gasteiger partial charge < -0.3 is 5.11 Å². The van der Waals surface area contributed by atoms with Gasteiger partial charge >= 0.3 is 6.09 Å². The summed E-state index contributed by atoms with van der Waals surface area (Å²) in [7, 11) is 0. The topological polar surface area (TPSA) is 37.3 Å². The Balaban J connectivity index is 2.13. The van der Waals surface area contributed by atoms with Crippen molar-refractivity contribution in [1.29, 1.82) is 0 Å². The van der Waals surface area contributed by atoms with E-state index < -0.39 is 6.09 Å². The molecule has 0 saturated carbocycles. The Kier molecular flexibility index (Phi) is 2.25. The number of likely N-dealkylation sites (tertiary alicyclic amines) is 1. The summed E-state index contributed by atoms with van der Waals surface area (Å²) in [6.07, 6.45) is 0.333. The number of hydrogen-bond donors (Lipinski definition) is 1. The molecular weight excluding hydrogens is 178 g/mol. The Hall–Kier alpha value is -1.35. The third kappa shape index (κ3) is 1.51. The molecule has 1 aromatic carbocycles. The van der Waals surface area contributed by atoms with Gasteiger partial charge in [-0.15, -0.1) is 0 Å². The Labute approximate surface area is 83.2 Å². The third-order valence-corrected chi connectivity index (χ3v) is 2.91. The van der Waals surface area contributed by atoms with Gasteiger partial charge in [-0.05, 0) is 0 Å². The largest absolute Gasteiger partial charge is 0.513 e. The first-order valence-electron chi connectivity index (χ1n) is 4.86. The molecule has 14 heavy (non-hydrogen) atoms. The predicted octanol–water partition coefficient (Wildman–Crippen LogP) is 2.09. The van der Waals surface area contributed by atoms with Crippen molar-refractivity contribution >= 4 is 6.09 Å². The van der Waals surface area contributed by atoms with Gasteiger partial charge in [-0.1, -0.05) is 30.3 Å². The Morgan fingerprint density at radius 2 is 1.93 bits per heavy atom. The second-order valence-electron chi connectivity index (χ2n) is 3.87. The molecule has 74 valence electrons. The monoisotopic (exact) mass is 192 g/mol. The van der Waals surface area contributed by atoms with Crippen molar-refractivity contribution in [3.63, 3.8) is 0 Å². The summed E-state index contributed by atoms with van der Waals surface area (Å²) >= 11 is 0. The van der Waals surface area contributed by atoms with Gasteiger partial charge in [-0.3, -0.25) is 0 Å². The van der Waals surface area contributed by atoms with Crippen molar-refractivity contribution in [2.24, 2.45) is 0 Å². The first-order valence-corrected chi connectivity index (χ1v) is 4.86. The van der Waals surface area contributed by atoms with E-state index in [2.05, 4.69) is 0 Å². The van der Waals surface area contributed by atoms with Crippen molar-refractivity contribution < 1.29 is 14.4 Å². The minimum absolute atomic E-state index is 0.212. The van der Waals surface area contributed by atoms with Gasteiger partial charge in [0.15, 0.2) is 0 Å². The maximum absolute atomic E-state index is 11.1. The smallest absolute Gasteiger partial charge is 0.435 e. The minimum atomic E-state index is -0.694.